The van der Waals surface area contributed by atoms with Crippen molar-refractivity contribution < 1.29 is 9.32 Å². The zero-order chi connectivity index (χ0) is 20.5. The molecule has 0 radical (unpaired) electrons. The van der Waals surface area contributed by atoms with Gasteiger partial charge in [-0.3, -0.25) is 9.78 Å². The summed E-state index contributed by atoms with van der Waals surface area (Å²) in [5.74, 6) is 1.82. The molecule has 0 N–H and O–H groups in total. The molecular formula is C23H25N5O2. The second-order valence-corrected chi connectivity index (χ2v) is 8.10. The Morgan fingerprint density at radius 2 is 1.90 bits per heavy atom. The average Bonchev–Trinajstić information content (AvgIpc) is 3.56. The first-order valence-corrected chi connectivity index (χ1v) is 10.6. The lowest BCUT2D eigenvalue weighted by Gasteiger charge is -2.25. The predicted molar refractivity (Wildman–Crippen MR) is 113 cm³/mol. The number of pyridine rings is 1. The summed E-state index contributed by atoms with van der Waals surface area (Å²) in [6, 6.07) is 9.58. The topological polar surface area (TPSA) is 75.4 Å². The van der Waals surface area contributed by atoms with Crippen molar-refractivity contribution in [3.05, 3.63) is 59.7 Å². The van der Waals surface area contributed by atoms with Crippen LogP contribution in [0.1, 0.15) is 47.0 Å². The Morgan fingerprint density at radius 3 is 2.67 bits per heavy atom. The molecule has 3 aromatic rings. The smallest absolute Gasteiger partial charge is 0.253 e. The zero-order valence-electron chi connectivity index (χ0n) is 17.1. The van der Waals surface area contributed by atoms with Gasteiger partial charge in [-0.25, -0.2) is 0 Å². The van der Waals surface area contributed by atoms with Gasteiger partial charge in [0.1, 0.15) is 0 Å². The first kappa shape index (κ1) is 18.8. The van der Waals surface area contributed by atoms with Gasteiger partial charge in [-0.2, -0.15) is 4.98 Å². The molecule has 154 valence electrons. The third kappa shape index (κ3) is 3.79. The lowest BCUT2D eigenvalue weighted by Crippen LogP contribution is -2.35. The Balaban J connectivity index is 1.25. The molecule has 1 amide bonds. The van der Waals surface area contributed by atoms with Crippen LogP contribution in [0, 0.1) is 6.92 Å². The van der Waals surface area contributed by atoms with E-state index in [0.717, 1.165) is 50.4 Å². The molecule has 0 unspecified atom stereocenters. The van der Waals surface area contributed by atoms with Crippen LogP contribution in [-0.4, -0.2) is 52.1 Å². The van der Waals surface area contributed by atoms with E-state index >= 15 is 0 Å². The first-order valence-electron chi connectivity index (χ1n) is 10.6. The molecule has 7 heteroatoms. The molecule has 3 heterocycles. The minimum Gasteiger partial charge on any atom is -0.369 e. The van der Waals surface area contributed by atoms with Crippen molar-refractivity contribution in [3.63, 3.8) is 0 Å². The van der Waals surface area contributed by atoms with E-state index in [-0.39, 0.29) is 5.91 Å². The summed E-state index contributed by atoms with van der Waals surface area (Å²) in [4.78, 5) is 26.0. The van der Waals surface area contributed by atoms with E-state index in [1.165, 1.54) is 11.3 Å². The van der Waals surface area contributed by atoms with Gasteiger partial charge in [0.15, 0.2) is 0 Å². The van der Waals surface area contributed by atoms with Crippen LogP contribution in [0.15, 0.2) is 47.2 Å². The van der Waals surface area contributed by atoms with Crippen molar-refractivity contribution in [1.82, 2.24) is 20.0 Å². The van der Waals surface area contributed by atoms with Gasteiger partial charge in [-0.15, -0.1) is 0 Å². The molecule has 0 spiro atoms. The minimum absolute atomic E-state index is 0.0710. The van der Waals surface area contributed by atoms with Crippen LogP contribution in [-0.2, 0) is 0 Å². The predicted octanol–water partition coefficient (Wildman–Crippen LogP) is 3.67. The lowest BCUT2D eigenvalue weighted by molar-refractivity contribution is 0.0767. The maximum atomic E-state index is 13.1. The van der Waals surface area contributed by atoms with Crippen LogP contribution in [0.4, 0.5) is 5.69 Å². The van der Waals surface area contributed by atoms with Gasteiger partial charge < -0.3 is 14.3 Å². The molecule has 30 heavy (non-hydrogen) atoms. The minimum atomic E-state index is 0.0710. The van der Waals surface area contributed by atoms with Crippen LogP contribution in [0.5, 0.6) is 0 Å². The third-order valence-electron chi connectivity index (χ3n) is 5.87. The molecule has 7 nitrogen and oxygen atoms in total. The molecule has 2 fully saturated rings. The number of aromatic nitrogens is 3. The fraction of sp³-hybridized carbons (Fsp3) is 0.391. The van der Waals surface area contributed by atoms with Gasteiger partial charge in [0, 0.05) is 61.3 Å². The highest BCUT2D eigenvalue weighted by Crippen LogP contribution is 2.39. The Kier molecular flexibility index (Phi) is 4.94. The second kappa shape index (κ2) is 7.89. The van der Waals surface area contributed by atoms with Crippen LogP contribution >= 0.6 is 0 Å². The average molecular weight is 403 g/mol. The summed E-state index contributed by atoms with van der Waals surface area (Å²) in [6.07, 6.45) is 6.92. The summed E-state index contributed by atoms with van der Waals surface area (Å²) in [7, 11) is 0. The van der Waals surface area contributed by atoms with Gasteiger partial charge >= 0.3 is 0 Å². The number of carbonyl (C=O) groups is 1. The lowest BCUT2D eigenvalue weighted by atomic mass is 10.1. The molecule has 1 aliphatic carbocycles. The van der Waals surface area contributed by atoms with E-state index in [1.807, 2.05) is 41.6 Å². The highest BCUT2D eigenvalue weighted by Gasteiger charge is 2.30. The standard InChI is InChI=1S/C23H25N5O2/c1-16-15-24-10-9-20(16)27-11-2-12-28(14-13-27)23(29)19-7-3-17(4-8-19)21-25-22(30-26-21)18-5-6-18/h3-4,7-10,15,18H,2,5-6,11-14H2,1H3. The van der Waals surface area contributed by atoms with Crippen LogP contribution in [0.25, 0.3) is 11.4 Å². The van der Waals surface area contributed by atoms with Crippen LogP contribution in [0.2, 0.25) is 0 Å². The highest BCUT2D eigenvalue weighted by molar-refractivity contribution is 5.94. The maximum Gasteiger partial charge on any atom is 0.253 e. The quantitative estimate of drug-likeness (QED) is 0.662. The molecule has 1 aliphatic heterocycles. The van der Waals surface area contributed by atoms with E-state index < -0.39 is 0 Å². The molecule has 1 aromatic carbocycles. The molecule has 0 atom stereocenters. The highest BCUT2D eigenvalue weighted by atomic mass is 16.5. The van der Waals surface area contributed by atoms with E-state index in [0.29, 0.717) is 23.9 Å². The number of aryl methyl sites for hydroxylation is 1. The Hall–Kier alpha value is -3.22. The van der Waals surface area contributed by atoms with Gasteiger partial charge in [0.05, 0.1) is 0 Å². The number of hydrogen-bond acceptors (Lipinski definition) is 6. The largest absolute Gasteiger partial charge is 0.369 e. The maximum absolute atomic E-state index is 13.1. The number of anilines is 1. The number of nitrogens with zero attached hydrogens (tertiary/aromatic N) is 5. The molecule has 2 aliphatic rings. The number of benzene rings is 1. The van der Waals surface area contributed by atoms with Crippen LogP contribution in [0.3, 0.4) is 0 Å². The van der Waals surface area contributed by atoms with Gasteiger partial charge in [-0.1, -0.05) is 17.3 Å². The molecule has 1 saturated heterocycles. The van der Waals surface area contributed by atoms with Gasteiger partial charge in [0.2, 0.25) is 11.7 Å². The summed E-state index contributed by atoms with van der Waals surface area (Å²) in [6.45, 7) is 5.31. The first-order chi connectivity index (χ1) is 14.7. The Bertz CT molecular complexity index is 1040. The normalized spacial score (nSPS) is 17.1. The van der Waals surface area contributed by atoms with Crippen molar-refractivity contribution in [2.24, 2.45) is 0 Å². The van der Waals surface area contributed by atoms with Crippen LogP contribution < -0.4 is 4.90 Å². The summed E-state index contributed by atoms with van der Waals surface area (Å²) in [5.41, 5.74) is 3.93. The fourth-order valence-corrected chi connectivity index (χ4v) is 3.98. The zero-order valence-corrected chi connectivity index (χ0v) is 17.1. The molecule has 0 bridgehead atoms. The van der Waals surface area contributed by atoms with Gasteiger partial charge in [0.25, 0.3) is 5.91 Å². The third-order valence-corrected chi connectivity index (χ3v) is 5.87. The second-order valence-electron chi connectivity index (χ2n) is 8.10. The summed E-state index contributed by atoms with van der Waals surface area (Å²) < 4.78 is 5.34. The van der Waals surface area contributed by atoms with E-state index in [2.05, 4.69) is 33.0 Å². The molecule has 2 aromatic heterocycles. The van der Waals surface area contributed by atoms with Crippen molar-refractivity contribution >= 4 is 11.6 Å². The SMILES string of the molecule is Cc1cnccc1N1CCCN(C(=O)c2ccc(-c3noc(C4CC4)n3)cc2)CC1. The van der Waals surface area contributed by atoms with Crippen molar-refractivity contribution in [1.29, 1.82) is 0 Å². The molecular weight excluding hydrogens is 378 g/mol. The van der Waals surface area contributed by atoms with E-state index in [1.54, 1.807) is 0 Å². The summed E-state index contributed by atoms with van der Waals surface area (Å²) in [5, 5.41) is 4.08. The number of hydrogen-bond donors (Lipinski definition) is 0. The fourth-order valence-electron chi connectivity index (χ4n) is 3.98. The monoisotopic (exact) mass is 403 g/mol. The van der Waals surface area contributed by atoms with Crippen molar-refractivity contribution in [2.75, 3.05) is 31.1 Å². The Morgan fingerprint density at radius 1 is 1.07 bits per heavy atom. The summed E-state index contributed by atoms with van der Waals surface area (Å²) >= 11 is 0. The van der Waals surface area contributed by atoms with Crippen molar-refractivity contribution in [3.8, 4) is 11.4 Å². The van der Waals surface area contributed by atoms with Gasteiger partial charge in [-0.05, 0) is 49.9 Å². The van der Waals surface area contributed by atoms with E-state index in [4.69, 9.17) is 4.52 Å². The number of rotatable bonds is 4. The number of amides is 1. The van der Waals surface area contributed by atoms with E-state index in [9.17, 15) is 4.79 Å². The Labute approximate surface area is 175 Å². The molecule has 5 rings (SSSR count). The molecule has 1 saturated carbocycles. The van der Waals surface area contributed by atoms with Crippen molar-refractivity contribution in [2.45, 2.75) is 32.1 Å². The number of carbonyl (C=O) groups excluding carboxylic acids is 1.